The van der Waals surface area contributed by atoms with Crippen LogP contribution in [0.4, 0.5) is 11.4 Å². The van der Waals surface area contributed by atoms with Gasteiger partial charge in [-0.1, -0.05) is 0 Å². The second-order valence-electron chi connectivity index (χ2n) is 4.22. The molecule has 1 heterocycles. The van der Waals surface area contributed by atoms with Gasteiger partial charge in [0, 0.05) is 27.9 Å². The number of nitrogens with zero attached hydrogens (tertiary/aromatic N) is 1. The van der Waals surface area contributed by atoms with Crippen LogP contribution in [0.25, 0.3) is 0 Å². The van der Waals surface area contributed by atoms with Crippen LogP contribution in [0.2, 0.25) is 0 Å². The van der Waals surface area contributed by atoms with Crippen LogP contribution in [-0.4, -0.2) is 10.8 Å². The first kappa shape index (κ1) is 14.0. The second kappa shape index (κ2) is 5.70. The van der Waals surface area contributed by atoms with Crippen molar-refractivity contribution in [3.05, 3.63) is 55.8 Å². The number of nitrogens with two attached hydrogens (primary N) is 1. The Morgan fingerprint density at radius 2 is 2.15 bits per heavy atom. The van der Waals surface area contributed by atoms with Crippen LogP contribution in [0.3, 0.4) is 0 Å². The van der Waals surface area contributed by atoms with Gasteiger partial charge in [-0.15, -0.1) is 11.3 Å². The molecule has 0 fully saturated rings. The third-order valence-corrected chi connectivity index (χ3v) is 3.73. The van der Waals surface area contributed by atoms with Gasteiger partial charge in [0.2, 0.25) is 5.91 Å². The summed E-state index contributed by atoms with van der Waals surface area (Å²) < 4.78 is 0. The van der Waals surface area contributed by atoms with Crippen LogP contribution in [0, 0.1) is 17.0 Å². The van der Waals surface area contributed by atoms with Crippen molar-refractivity contribution in [3.63, 3.8) is 0 Å². The van der Waals surface area contributed by atoms with Gasteiger partial charge >= 0.3 is 0 Å². The van der Waals surface area contributed by atoms with Gasteiger partial charge in [0.25, 0.3) is 5.69 Å². The third-order valence-electron chi connectivity index (χ3n) is 2.73. The van der Waals surface area contributed by atoms with Crippen LogP contribution >= 0.6 is 11.3 Å². The largest absolute Gasteiger partial charge is 0.375 e. The van der Waals surface area contributed by atoms with Gasteiger partial charge in [0.1, 0.15) is 5.69 Å². The Bertz CT molecular complexity index is 667. The number of hydrogen-bond donors (Lipinski definition) is 2. The van der Waals surface area contributed by atoms with Gasteiger partial charge < -0.3 is 11.1 Å². The molecule has 1 aromatic heterocycles. The molecule has 0 aliphatic carbocycles. The fourth-order valence-corrected chi connectivity index (χ4v) is 2.58. The summed E-state index contributed by atoms with van der Waals surface area (Å²) in [6.45, 7) is 2.45. The molecule has 1 amide bonds. The van der Waals surface area contributed by atoms with E-state index in [1.807, 2.05) is 19.1 Å². The standard InChI is InChI=1S/C13H13N3O3S/c1-8-2-4-10(20-8)7-15-11-6-9(13(14)17)3-5-12(11)16(18)19/h2-6,15H,7H2,1H3,(H2,14,17). The van der Waals surface area contributed by atoms with Gasteiger partial charge in [-0.25, -0.2) is 0 Å². The molecule has 7 heteroatoms. The molecule has 104 valence electrons. The lowest BCUT2D eigenvalue weighted by atomic mass is 10.1. The van der Waals surface area contributed by atoms with Crippen molar-refractivity contribution in [2.45, 2.75) is 13.5 Å². The first-order valence-electron chi connectivity index (χ1n) is 5.85. The fraction of sp³-hybridized carbons (Fsp3) is 0.154. The van der Waals surface area contributed by atoms with Gasteiger partial charge in [0.05, 0.1) is 4.92 Å². The number of amides is 1. The molecule has 0 aliphatic heterocycles. The number of rotatable bonds is 5. The lowest BCUT2D eigenvalue weighted by Gasteiger charge is -2.07. The van der Waals surface area contributed by atoms with Crippen molar-refractivity contribution < 1.29 is 9.72 Å². The summed E-state index contributed by atoms with van der Waals surface area (Å²) in [5.41, 5.74) is 5.63. The Labute approximate surface area is 119 Å². The van der Waals surface area contributed by atoms with E-state index in [1.165, 1.54) is 23.1 Å². The number of anilines is 1. The zero-order valence-corrected chi connectivity index (χ0v) is 11.6. The van der Waals surface area contributed by atoms with Crippen LogP contribution in [0.15, 0.2) is 30.3 Å². The molecule has 0 radical (unpaired) electrons. The first-order chi connectivity index (χ1) is 9.47. The highest BCUT2D eigenvalue weighted by Gasteiger charge is 2.15. The summed E-state index contributed by atoms with van der Waals surface area (Å²) in [5.74, 6) is -0.616. The first-order valence-corrected chi connectivity index (χ1v) is 6.66. The van der Waals surface area contributed by atoms with Crippen LogP contribution < -0.4 is 11.1 Å². The molecule has 0 bridgehead atoms. The molecule has 6 nitrogen and oxygen atoms in total. The maximum atomic E-state index is 11.1. The predicted molar refractivity (Wildman–Crippen MR) is 78.0 cm³/mol. The smallest absolute Gasteiger partial charge is 0.292 e. The van der Waals surface area contributed by atoms with Crippen molar-refractivity contribution in [2.75, 3.05) is 5.32 Å². The number of nitrogens with one attached hydrogen (secondary N) is 1. The molecule has 3 N–H and O–H groups in total. The highest BCUT2D eigenvalue weighted by atomic mass is 32.1. The molecule has 0 atom stereocenters. The average molecular weight is 291 g/mol. The summed E-state index contributed by atoms with van der Waals surface area (Å²) in [5, 5.41) is 14.0. The maximum Gasteiger partial charge on any atom is 0.292 e. The summed E-state index contributed by atoms with van der Waals surface area (Å²) in [6.07, 6.45) is 0. The van der Waals surface area contributed by atoms with E-state index in [-0.39, 0.29) is 16.9 Å². The topological polar surface area (TPSA) is 98.3 Å². The van der Waals surface area contributed by atoms with Crippen molar-refractivity contribution in [2.24, 2.45) is 5.73 Å². The molecule has 1 aromatic carbocycles. The third kappa shape index (κ3) is 3.12. The lowest BCUT2D eigenvalue weighted by Crippen LogP contribution is -2.12. The summed E-state index contributed by atoms with van der Waals surface area (Å²) >= 11 is 1.61. The molecule has 0 unspecified atom stereocenters. The quantitative estimate of drug-likeness (QED) is 0.653. The average Bonchev–Trinajstić information content (AvgIpc) is 2.81. The molecular formula is C13H13N3O3S. The number of nitro groups is 1. The van der Waals surface area contributed by atoms with Gasteiger partial charge in [-0.3, -0.25) is 14.9 Å². The highest BCUT2D eigenvalue weighted by Crippen LogP contribution is 2.26. The molecule has 20 heavy (non-hydrogen) atoms. The molecule has 2 aromatic rings. The maximum absolute atomic E-state index is 11.1. The SMILES string of the molecule is Cc1ccc(CNc2cc(C(N)=O)ccc2[N+](=O)[O-])s1. The summed E-state index contributed by atoms with van der Waals surface area (Å²) in [6, 6.07) is 7.97. The zero-order chi connectivity index (χ0) is 14.7. The fourth-order valence-electron chi connectivity index (χ4n) is 1.75. The highest BCUT2D eigenvalue weighted by molar-refractivity contribution is 7.11. The molecule has 2 rings (SSSR count). The molecular weight excluding hydrogens is 278 g/mol. The minimum Gasteiger partial charge on any atom is -0.375 e. The Morgan fingerprint density at radius 1 is 1.40 bits per heavy atom. The second-order valence-corrected chi connectivity index (χ2v) is 5.59. The van der Waals surface area contributed by atoms with E-state index in [0.29, 0.717) is 6.54 Å². The minimum absolute atomic E-state index is 0.0803. The van der Waals surface area contributed by atoms with Gasteiger partial charge in [-0.05, 0) is 31.2 Å². The number of thiophene rings is 1. The van der Waals surface area contributed by atoms with E-state index in [2.05, 4.69) is 5.32 Å². The predicted octanol–water partition coefficient (Wildman–Crippen LogP) is 2.68. The molecule has 0 saturated carbocycles. The van der Waals surface area contributed by atoms with E-state index in [1.54, 1.807) is 11.3 Å². The van der Waals surface area contributed by atoms with Crippen molar-refractivity contribution in [1.82, 2.24) is 0 Å². The number of benzene rings is 1. The van der Waals surface area contributed by atoms with E-state index < -0.39 is 10.8 Å². The number of carbonyl (C=O) groups excluding carboxylic acids is 1. The Kier molecular flexibility index (Phi) is 3.99. The van der Waals surface area contributed by atoms with Crippen LogP contribution in [-0.2, 0) is 6.54 Å². The van der Waals surface area contributed by atoms with E-state index in [9.17, 15) is 14.9 Å². The number of hydrogen-bond acceptors (Lipinski definition) is 5. The normalized spacial score (nSPS) is 10.2. The van der Waals surface area contributed by atoms with Crippen LogP contribution in [0.5, 0.6) is 0 Å². The Hall–Kier alpha value is -2.41. The summed E-state index contributed by atoms with van der Waals surface area (Å²) in [4.78, 5) is 23.8. The zero-order valence-electron chi connectivity index (χ0n) is 10.8. The summed E-state index contributed by atoms with van der Waals surface area (Å²) in [7, 11) is 0. The number of carbonyl (C=O) groups is 1. The van der Waals surface area contributed by atoms with Gasteiger partial charge in [0.15, 0.2) is 0 Å². The van der Waals surface area contributed by atoms with Crippen LogP contribution in [0.1, 0.15) is 20.1 Å². The Morgan fingerprint density at radius 3 is 2.70 bits per heavy atom. The van der Waals surface area contributed by atoms with E-state index >= 15 is 0 Å². The van der Waals surface area contributed by atoms with Crippen molar-refractivity contribution in [3.8, 4) is 0 Å². The molecule has 0 aliphatic rings. The van der Waals surface area contributed by atoms with Crippen molar-refractivity contribution in [1.29, 1.82) is 0 Å². The molecule has 0 spiro atoms. The lowest BCUT2D eigenvalue weighted by molar-refractivity contribution is -0.384. The van der Waals surface area contributed by atoms with Crippen molar-refractivity contribution >= 4 is 28.6 Å². The number of primary amides is 1. The number of nitro benzene ring substituents is 1. The minimum atomic E-state index is -0.616. The Balaban J connectivity index is 2.25. The van der Waals surface area contributed by atoms with E-state index in [0.717, 1.165) is 4.88 Å². The van der Waals surface area contributed by atoms with E-state index in [4.69, 9.17) is 5.73 Å². The van der Waals surface area contributed by atoms with Gasteiger partial charge in [-0.2, -0.15) is 0 Å². The molecule has 0 saturated heterocycles. The number of aryl methyl sites for hydroxylation is 1. The monoisotopic (exact) mass is 291 g/mol.